The third-order valence-corrected chi connectivity index (χ3v) is 3.46. The first-order valence-electron chi connectivity index (χ1n) is 7.29. The number of nitrogens with one attached hydrogen (secondary N) is 1. The molecule has 0 unspecified atom stereocenters. The Morgan fingerprint density at radius 2 is 1.95 bits per heavy atom. The summed E-state index contributed by atoms with van der Waals surface area (Å²) >= 11 is 0. The maximum atomic E-state index is 12.3. The van der Waals surface area contributed by atoms with Gasteiger partial charge in [-0.3, -0.25) is 4.79 Å². The van der Waals surface area contributed by atoms with Crippen LogP contribution >= 0.6 is 0 Å². The Bertz CT molecular complexity index is 656. The average Bonchev–Trinajstić information content (AvgIpc) is 2.74. The molecule has 1 N–H and O–H groups in total. The summed E-state index contributed by atoms with van der Waals surface area (Å²) in [4.78, 5) is 12.3. The van der Waals surface area contributed by atoms with E-state index in [4.69, 9.17) is 0 Å². The molecule has 21 heavy (non-hydrogen) atoms. The predicted octanol–water partition coefficient (Wildman–Crippen LogP) is 3.57. The third-order valence-electron chi connectivity index (χ3n) is 3.46. The molecule has 0 saturated heterocycles. The van der Waals surface area contributed by atoms with E-state index in [0.29, 0.717) is 6.42 Å². The zero-order chi connectivity index (χ0) is 15.6. The molecule has 0 bridgehead atoms. The minimum atomic E-state index is -0.0104. The Hall–Kier alpha value is -2.10. The van der Waals surface area contributed by atoms with Gasteiger partial charge in [-0.2, -0.15) is 5.10 Å². The molecule has 0 radical (unpaired) electrons. The number of aryl methyl sites for hydroxylation is 3. The second-order valence-corrected chi connectivity index (χ2v) is 5.86. The fourth-order valence-electron chi connectivity index (χ4n) is 2.41. The van der Waals surface area contributed by atoms with Crippen LogP contribution < -0.4 is 5.32 Å². The van der Waals surface area contributed by atoms with Crippen LogP contribution in [0.25, 0.3) is 0 Å². The van der Waals surface area contributed by atoms with Crippen LogP contribution in [0.4, 0.5) is 5.82 Å². The van der Waals surface area contributed by atoms with Crippen molar-refractivity contribution in [2.75, 3.05) is 5.32 Å². The minimum Gasteiger partial charge on any atom is -0.311 e. The molecule has 0 aliphatic heterocycles. The van der Waals surface area contributed by atoms with E-state index in [-0.39, 0.29) is 11.9 Å². The molecule has 0 atom stereocenters. The van der Waals surface area contributed by atoms with E-state index in [0.717, 1.165) is 22.6 Å². The molecule has 0 spiro atoms. The highest BCUT2D eigenvalue weighted by atomic mass is 16.1. The Kier molecular flexibility index (Phi) is 4.46. The molecule has 0 fully saturated rings. The molecular formula is C17H23N3O. The van der Waals surface area contributed by atoms with Crippen LogP contribution in [0.5, 0.6) is 0 Å². The fraction of sp³-hybridized carbons (Fsp3) is 0.412. The van der Waals surface area contributed by atoms with Crippen molar-refractivity contribution in [3.63, 3.8) is 0 Å². The van der Waals surface area contributed by atoms with E-state index >= 15 is 0 Å². The number of carbonyl (C=O) groups is 1. The molecule has 0 aliphatic rings. The van der Waals surface area contributed by atoms with E-state index in [9.17, 15) is 4.79 Å². The Morgan fingerprint density at radius 3 is 2.57 bits per heavy atom. The second-order valence-electron chi connectivity index (χ2n) is 5.86. The quantitative estimate of drug-likeness (QED) is 0.933. The largest absolute Gasteiger partial charge is 0.311 e. The van der Waals surface area contributed by atoms with E-state index in [1.165, 1.54) is 5.56 Å². The summed E-state index contributed by atoms with van der Waals surface area (Å²) in [6.45, 7) is 10.1. The maximum absolute atomic E-state index is 12.3. The number of nitrogens with zero attached hydrogens (tertiary/aromatic N) is 2. The van der Waals surface area contributed by atoms with Crippen molar-refractivity contribution in [1.82, 2.24) is 9.78 Å². The lowest BCUT2D eigenvalue weighted by Gasteiger charge is -2.12. The summed E-state index contributed by atoms with van der Waals surface area (Å²) in [5.41, 5.74) is 4.33. The molecule has 4 heteroatoms. The van der Waals surface area contributed by atoms with Crippen molar-refractivity contribution >= 4 is 11.7 Å². The predicted molar refractivity (Wildman–Crippen MR) is 85.6 cm³/mol. The fourth-order valence-corrected chi connectivity index (χ4v) is 2.41. The van der Waals surface area contributed by atoms with E-state index in [1.54, 1.807) is 0 Å². The van der Waals surface area contributed by atoms with Gasteiger partial charge in [-0.15, -0.1) is 0 Å². The van der Waals surface area contributed by atoms with Crippen molar-refractivity contribution < 1.29 is 4.79 Å². The second kappa shape index (κ2) is 6.12. The highest BCUT2D eigenvalue weighted by Crippen LogP contribution is 2.17. The minimum absolute atomic E-state index is 0.0104. The van der Waals surface area contributed by atoms with Gasteiger partial charge in [0.25, 0.3) is 0 Å². The molecule has 1 aromatic heterocycles. The summed E-state index contributed by atoms with van der Waals surface area (Å²) in [5.74, 6) is 0.751. The van der Waals surface area contributed by atoms with Gasteiger partial charge in [0, 0.05) is 12.1 Å². The number of aromatic nitrogens is 2. The summed E-state index contributed by atoms with van der Waals surface area (Å²) in [5, 5.41) is 7.37. The molecular weight excluding hydrogens is 262 g/mol. The van der Waals surface area contributed by atoms with Crippen molar-refractivity contribution in [3.8, 4) is 0 Å². The van der Waals surface area contributed by atoms with E-state index < -0.39 is 0 Å². The van der Waals surface area contributed by atoms with Crippen molar-refractivity contribution in [2.45, 2.75) is 47.1 Å². The monoisotopic (exact) mass is 285 g/mol. The first-order chi connectivity index (χ1) is 9.86. The molecule has 0 saturated carbocycles. The van der Waals surface area contributed by atoms with E-state index in [2.05, 4.69) is 23.4 Å². The van der Waals surface area contributed by atoms with Crippen molar-refractivity contribution in [3.05, 3.63) is 46.6 Å². The highest BCUT2D eigenvalue weighted by molar-refractivity contribution is 5.91. The molecule has 1 heterocycles. The van der Waals surface area contributed by atoms with Gasteiger partial charge >= 0.3 is 0 Å². The first-order valence-corrected chi connectivity index (χ1v) is 7.29. The molecule has 2 rings (SSSR count). The lowest BCUT2D eigenvalue weighted by atomic mass is 10.0. The SMILES string of the molecule is Cc1ccc(CC(=O)Nc2cc(C)nn2C(C)C)c(C)c1. The Balaban J connectivity index is 2.12. The number of hydrogen-bond donors (Lipinski definition) is 1. The summed E-state index contributed by atoms with van der Waals surface area (Å²) in [6.07, 6.45) is 0.383. The van der Waals surface area contributed by atoms with Gasteiger partial charge in [-0.1, -0.05) is 23.8 Å². The number of hydrogen-bond acceptors (Lipinski definition) is 2. The Morgan fingerprint density at radius 1 is 1.24 bits per heavy atom. The smallest absolute Gasteiger partial charge is 0.229 e. The summed E-state index contributed by atoms with van der Waals surface area (Å²) in [6, 6.07) is 8.29. The zero-order valence-corrected chi connectivity index (χ0v) is 13.4. The molecule has 1 aromatic carbocycles. The van der Waals surface area contributed by atoms with Crippen molar-refractivity contribution in [2.24, 2.45) is 0 Å². The van der Waals surface area contributed by atoms with Gasteiger partial charge in [-0.25, -0.2) is 4.68 Å². The van der Waals surface area contributed by atoms with Gasteiger partial charge in [0.05, 0.1) is 12.1 Å². The maximum Gasteiger partial charge on any atom is 0.229 e. The van der Waals surface area contributed by atoms with Crippen LogP contribution in [0.2, 0.25) is 0 Å². The number of benzene rings is 1. The van der Waals surface area contributed by atoms with Gasteiger partial charge in [-0.05, 0) is 45.7 Å². The van der Waals surface area contributed by atoms with Crippen LogP contribution in [0.15, 0.2) is 24.3 Å². The van der Waals surface area contributed by atoms with Gasteiger partial charge in [0.1, 0.15) is 5.82 Å². The van der Waals surface area contributed by atoms with Crippen LogP contribution in [0, 0.1) is 20.8 Å². The van der Waals surface area contributed by atoms with Gasteiger partial charge in [0.2, 0.25) is 5.91 Å². The number of rotatable bonds is 4. The van der Waals surface area contributed by atoms with Crippen LogP contribution in [-0.2, 0) is 11.2 Å². The zero-order valence-electron chi connectivity index (χ0n) is 13.4. The molecule has 1 amide bonds. The standard InChI is InChI=1S/C17H23N3O/c1-11(2)20-16(9-14(5)19-20)18-17(21)10-15-7-6-12(3)8-13(15)4/h6-9,11H,10H2,1-5H3,(H,18,21). The number of carbonyl (C=O) groups excluding carboxylic acids is 1. The molecule has 4 nitrogen and oxygen atoms in total. The van der Waals surface area contributed by atoms with Crippen LogP contribution in [0.3, 0.4) is 0 Å². The van der Waals surface area contributed by atoms with E-state index in [1.807, 2.05) is 50.6 Å². The van der Waals surface area contributed by atoms with Gasteiger partial charge in [0.15, 0.2) is 0 Å². The number of amides is 1. The van der Waals surface area contributed by atoms with Crippen LogP contribution in [0.1, 0.15) is 42.3 Å². The first kappa shape index (κ1) is 15.3. The number of anilines is 1. The normalized spacial score (nSPS) is 11.0. The lowest BCUT2D eigenvalue weighted by molar-refractivity contribution is -0.115. The molecule has 0 aliphatic carbocycles. The lowest BCUT2D eigenvalue weighted by Crippen LogP contribution is -2.18. The average molecular weight is 285 g/mol. The summed E-state index contributed by atoms with van der Waals surface area (Å²) in [7, 11) is 0. The van der Waals surface area contributed by atoms with Crippen LogP contribution in [-0.4, -0.2) is 15.7 Å². The Labute approximate surface area is 126 Å². The highest BCUT2D eigenvalue weighted by Gasteiger charge is 2.12. The van der Waals surface area contributed by atoms with Crippen molar-refractivity contribution in [1.29, 1.82) is 0 Å². The molecule has 2 aromatic rings. The summed E-state index contributed by atoms with van der Waals surface area (Å²) < 4.78 is 1.84. The third kappa shape index (κ3) is 3.72. The molecule has 112 valence electrons. The van der Waals surface area contributed by atoms with Gasteiger partial charge < -0.3 is 5.32 Å². The topological polar surface area (TPSA) is 46.9 Å².